The van der Waals surface area contributed by atoms with E-state index >= 15 is 0 Å². The first kappa shape index (κ1) is 11.7. The second kappa shape index (κ2) is 5.05. The van der Waals surface area contributed by atoms with Gasteiger partial charge in [-0.3, -0.25) is 4.98 Å². The fourth-order valence-corrected chi connectivity index (χ4v) is 1.68. The smallest absolute Gasteiger partial charge is 0.151 e. The van der Waals surface area contributed by atoms with Gasteiger partial charge in [0.15, 0.2) is 5.82 Å². The molecule has 0 radical (unpaired) electrons. The second-order valence-electron chi connectivity index (χ2n) is 3.82. The Kier molecular flexibility index (Phi) is 3.49. The Morgan fingerprint density at radius 2 is 2.06 bits per heavy atom. The minimum absolute atomic E-state index is 0.484. The lowest BCUT2D eigenvalue weighted by Gasteiger charge is -2.05. The van der Waals surface area contributed by atoms with Crippen molar-refractivity contribution in [2.75, 3.05) is 0 Å². The summed E-state index contributed by atoms with van der Waals surface area (Å²) in [6.45, 7) is 4.60. The molecule has 0 bridgehead atoms. The van der Waals surface area contributed by atoms with Crippen LogP contribution in [-0.4, -0.2) is 19.7 Å². The predicted octanol–water partition coefficient (Wildman–Crippen LogP) is 1.25. The van der Waals surface area contributed by atoms with Gasteiger partial charge in [-0.1, -0.05) is 13.8 Å². The molecule has 0 aromatic carbocycles. The SMILES string of the molecule is CCc1nc(CC)n(-c2cncc(CN)c2)n1. The van der Waals surface area contributed by atoms with Crippen LogP contribution < -0.4 is 5.73 Å². The molecule has 5 heteroatoms. The molecule has 0 atom stereocenters. The van der Waals surface area contributed by atoms with Crippen molar-refractivity contribution in [2.24, 2.45) is 5.73 Å². The third-order valence-electron chi connectivity index (χ3n) is 2.61. The van der Waals surface area contributed by atoms with Crippen LogP contribution in [0.3, 0.4) is 0 Å². The summed E-state index contributed by atoms with van der Waals surface area (Å²) >= 11 is 0. The zero-order valence-electron chi connectivity index (χ0n) is 10.2. The van der Waals surface area contributed by atoms with E-state index in [0.717, 1.165) is 35.7 Å². The van der Waals surface area contributed by atoms with Crippen LogP contribution >= 0.6 is 0 Å². The van der Waals surface area contributed by atoms with Crippen LogP contribution in [0.2, 0.25) is 0 Å². The summed E-state index contributed by atoms with van der Waals surface area (Å²) in [6, 6.07) is 2.00. The largest absolute Gasteiger partial charge is 0.326 e. The molecule has 2 heterocycles. The lowest BCUT2D eigenvalue weighted by atomic mass is 10.2. The monoisotopic (exact) mass is 231 g/mol. The fraction of sp³-hybridized carbons (Fsp3) is 0.417. The van der Waals surface area contributed by atoms with Crippen molar-refractivity contribution >= 4 is 0 Å². The van der Waals surface area contributed by atoms with E-state index in [2.05, 4.69) is 22.0 Å². The average molecular weight is 231 g/mol. The van der Waals surface area contributed by atoms with Crippen LogP contribution in [0.5, 0.6) is 0 Å². The molecule has 0 fully saturated rings. The molecule has 5 nitrogen and oxygen atoms in total. The number of hydrogen-bond acceptors (Lipinski definition) is 4. The maximum atomic E-state index is 5.61. The molecule has 0 spiro atoms. The van der Waals surface area contributed by atoms with Gasteiger partial charge in [-0.2, -0.15) is 5.10 Å². The molecule has 0 aliphatic rings. The molecule has 0 amide bonds. The van der Waals surface area contributed by atoms with E-state index in [9.17, 15) is 0 Å². The molecule has 2 rings (SSSR count). The van der Waals surface area contributed by atoms with Gasteiger partial charge in [0.1, 0.15) is 5.82 Å². The molecule has 2 aromatic heterocycles. The van der Waals surface area contributed by atoms with Gasteiger partial charge in [0, 0.05) is 25.6 Å². The van der Waals surface area contributed by atoms with E-state index in [1.807, 2.05) is 17.7 Å². The molecule has 2 aromatic rings. The normalized spacial score (nSPS) is 10.8. The fourth-order valence-electron chi connectivity index (χ4n) is 1.68. The van der Waals surface area contributed by atoms with Crippen LogP contribution in [0.4, 0.5) is 0 Å². The van der Waals surface area contributed by atoms with Gasteiger partial charge in [-0.15, -0.1) is 0 Å². The van der Waals surface area contributed by atoms with Crippen molar-refractivity contribution in [3.63, 3.8) is 0 Å². The van der Waals surface area contributed by atoms with E-state index in [0.29, 0.717) is 6.54 Å². The highest BCUT2D eigenvalue weighted by Gasteiger charge is 2.09. The Bertz CT molecular complexity index is 503. The third-order valence-corrected chi connectivity index (χ3v) is 2.61. The maximum absolute atomic E-state index is 5.61. The van der Waals surface area contributed by atoms with Crippen LogP contribution in [0.15, 0.2) is 18.5 Å². The van der Waals surface area contributed by atoms with Crippen LogP contribution in [0.25, 0.3) is 5.69 Å². The molecular formula is C12H17N5. The zero-order valence-corrected chi connectivity index (χ0v) is 10.2. The molecule has 0 saturated carbocycles. The van der Waals surface area contributed by atoms with Crippen LogP contribution in [0.1, 0.15) is 31.1 Å². The van der Waals surface area contributed by atoms with E-state index in [1.165, 1.54) is 0 Å². The summed E-state index contributed by atoms with van der Waals surface area (Å²) in [4.78, 5) is 8.65. The Hall–Kier alpha value is -1.75. The molecule has 0 unspecified atom stereocenters. The first-order valence-corrected chi connectivity index (χ1v) is 5.87. The Labute approximate surface area is 101 Å². The standard InChI is InChI=1S/C12H17N5/c1-3-11-15-12(4-2)17(16-11)10-5-9(6-13)7-14-8-10/h5,7-8H,3-4,6,13H2,1-2H3. The predicted molar refractivity (Wildman–Crippen MR) is 65.8 cm³/mol. The van der Waals surface area contributed by atoms with Crippen molar-refractivity contribution in [3.8, 4) is 5.69 Å². The van der Waals surface area contributed by atoms with Gasteiger partial charge < -0.3 is 5.73 Å². The minimum Gasteiger partial charge on any atom is -0.326 e. The molecule has 0 aliphatic heterocycles. The summed E-state index contributed by atoms with van der Waals surface area (Å²) < 4.78 is 1.85. The Balaban J connectivity index is 2.47. The molecular weight excluding hydrogens is 214 g/mol. The number of aromatic nitrogens is 4. The summed E-state index contributed by atoms with van der Waals surface area (Å²) in [5.74, 6) is 1.82. The third kappa shape index (κ3) is 2.34. The Morgan fingerprint density at radius 1 is 1.24 bits per heavy atom. The van der Waals surface area contributed by atoms with E-state index in [-0.39, 0.29) is 0 Å². The molecule has 2 N–H and O–H groups in total. The number of pyridine rings is 1. The summed E-state index contributed by atoms with van der Waals surface area (Å²) in [6.07, 6.45) is 5.24. The lowest BCUT2D eigenvalue weighted by Crippen LogP contribution is -2.05. The van der Waals surface area contributed by atoms with Crippen molar-refractivity contribution < 1.29 is 0 Å². The number of aryl methyl sites for hydroxylation is 2. The van der Waals surface area contributed by atoms with Gasteiger partial charge in [-0.25, -0.2) is 9.67 Å². The number of rotatable bonds is 4. The van der Waals surface area contributed by atoms with Crippen LogP contribution in [0, 0.1) is 0 Å². The number of nitrogens with two attached hydrogens (primary N) is 1. The minimum atomic E-state index is 0.484. The van der Waals surface area contributed by atoms with Gasteiger partial charge in [0.05, 0.1) is 11.9 Å². The quantitative estimate of drug-likeness (QED) is 0.859. The highest BCUT2D eigenvalue weighted by molar-refractivity contribution is 5.32. The van der Waals surface area contributed by atoms with Gasteiger partial charge >= 0.3 is 0 Å². The molecule has 0 aliphatic carbocycles. The highest BCUT2D eigenvalue weighted by Crippen LogP contribution is 2.11. The average Bonchev–Trinajstić information content (AvgIpc) is 2.82. The van der Waals surface area contributed by atoms with E-state index in [4.69, 9.17) is 5.73 Å². The van der Waals surface area contributed by atoms with E-state index in [1.54, 1.807) is 12.4 Å². The number of hydrogen-bond donors (Lipinski definition) is 1. The topological polar surface area (TPSA) is 69.6 Å². The first-order chi connectivity index (χ1) is 8.28. The highest BCUT2D eigenvalue weighted by atomic mass is 15.4. The first-order valence-electron chi connectivity index (χ1n) is 5.87. The van der Waals surface area contributed by atoms with Crippen LogP contribution in [-0.2, 0) is 19.4 Å². The summed E-state index contributed by atoms with van der Waals surface area (Å²) in [5, 5.41) is 4.47. The second-order valence-corrected chi connectivity index (χ2v) is 3.82. The van der Waals surface area contributed by atoms with Crippen molar-refractivity contribution in [1.82, 2.24) is 19.7 Å². The molecule has 90 valence electrons. The van der Waals surface area contributed by atoms with Gasteiger partial charge in [0.2, 0.25) is 0 Å². The maximum Gasteiger partial charge on any atom is 0.151 e. The summed E-state index contributed by atoms with van der Waals surface area (Å²) in [5.41, 5.74) is 7.54. The Morgan fingerprint density at radius 3 is 2.71 bits per heavy atom. The zero-order chi connectivity index (χ0) is 12.3. The van der Waals surface area contributed by atoms with E-state index < -0.39 is 0 Å². The summed E-state index contributed by atoms with van der Waals surface area (Å²) in [7, 11) is 0. The number of nitrogens with zero attached hydrogens (tertiary/aromatic N) is 4. The molecule has 17 heavy (non-hydrogen) atoms. The van der Waals surface area contributed by atoms with Crippen molar-refractivity contribution in [1.29, 1.82) is 0 Å². The van der Waals surface area contributed by atoms with Crippen molar-refractivity contribution in [3.05, 3.63) is 35.7 Å². The molecule has 0 saturated heterocycles. The van der Waals surface area contributed by atoms with Gasteiger partial charge in [0.25, 0.3) is 0 Å². The van der Waals surface area contributed by atoms with Crippen molar-refractivity contribution in [2.45, 2.75) is 33.2 Å². The lowest BCUT2D eigenvalue weighted by molar-refractivity contribution is 0.784. The van der Waals surface area contributed by atoms with Gasteiger partial charge in [-0.05, 0) is 11.6 Å².